The molecule has 0 aromatic carbocycles. The second-order valence-electron chi connectivity index (χ2n) is 4.46. The summed E-state index contributed by atoms with van der Waals surface area (Å²) >= 11 is 3.87. The van der Waals surface area contributed by atoms with Crippen LogP contribution in [-0.4, -0.2) is 16.7 Å². The number of hydrogen-bond donors (Lipinski definition) is 2. The number of alkyl halides is 3. The lowest BCUT2D eigenvalue weighted by molar-refractivity contribution is -0.135. The molecule has 0 fully saturated rings. The van der Waals surface area contributed by atoms with Crippen LogP contribution in [0.2, 0.25) is 0 Å². The Morgan fingerprint density at radius 2 is 1.24 bits per heavy atom. The zero-order chi connectivity index (χ0) is 13.1. The number of hydrogen-bond acceptors (Lipinski definition) is 2. The van der Waals surface area contributed by atoms with Gasteiger partial charge >= 0.3 is 6.18 Å². The van der Waals surface area contributed by atoms with Crippen molar-refractivity contribution in [3.8, 4) is 0 Å². The topological polar surface area (TPSA) is 20.2 Å². The summed E-state index contributed by atoms with van der Waals surface area (Å²) in [5, 5.41) is 8.89. The summed E-state index contributed by atoms with van der Waals surface area (Å²) in [6, 6.07) is 0. The van der Waals surface area contributed by atoms with Crippen molar-refractivity contribution in [1.82, 2.24) is 0 Å². The predicted octanol–water partition coefficient (Wildman–Crippen LogP) is 4.70. The van der Waals surface area contributed by atoms with Gasteiger partial charge in [-0.3, -0.25) is 0 Å². The Kier molecular flexibility index (Phi) is 10.1. The van der Waals surface area contributed by atoms with E-state index in [1.54, 1.807) is 0 Å². The molecule has 0 aliphatic heterocycles. The first-order valence-corrected chi connectivity index (χ1v) is 6.86. The molecule has 104 valence electrons. The lowest BCUT2D eigenvalue weighted by atomic mass is 10.1. The van der Waals surface area contributed by atoms with E-state index in [1.807, 2.05) is 0 Å². The van der Waals surface area contributed by atoms with Crippen molar-refractivity contribution in [3.63, 3.8) is 0 Å². The largest absolute Gasteiger partial charge is 0.389 e. The van der Waals surface area contributed by atoms with Gasteiger partial charge < -0.3 is 5.11 Å². The molecule has 0 saturated carbocycles. The molecule has 1 N–H and O–H groups in total. The number of rotatable bonds is 10. The molecule has 0 heterocycles. The van der Waals surface area contributed by atoms with E-state index in [9.17, 15) is 13.2 Å². The molecule has 0 bridgehead atoms. The third-order valence-electron chi connectivity index (χ3n) is 2.67. The molecule has 0 amide bonds. The summed E-state index contributed by atoms with van der Waals surface area (Å²) in [6.07, 6.45) is 3.14. The Morgan fingerprint density at radius 1 is 0.824 bits per heavy atom. The molecule has 1 unspecified atom stereocenters. The fourth-order valence-electron chi connectivity index (χ4n) is 1.71. The molecule has 0 saturated heterocycles. The number of thiol groups is 1. The van der Waals surface area contributed by atoms with Crippen LogP contribution in [0.3, 0.4) is 0 Å². The Hall–Kier alpha value is 0.100. The van der Waals surface area contributed by atoms with Gasteiger partial charge in [0, 0.05) is 6.42 Å². The standard InChI is InChI=1S/C12H23F3OS/c13-12(14,15)10-8-6-4-2-1-3-5-7-9-11(16)17/h11,16-17H,1-10H2. The molecule has 5 heteroatoms. The van der Waals surface area contributed by atoms with Gasteiger partial charge in [-0.2, -0.15) is 13.2 Å². The number of aliphatic hydroxyl groups excluding tert-OH is 1. The van der Waals surface area contributed by atoms with E-state index in [0.29, 0.717) is 12.8 Å². The van der Waals surface area contributed by atoms with Crippen molar-refractivity contribution in [2.45, 2.75) is 75.8 Å². The third-order valence-corrected chi connectivity index (χ3v) is 2.93. The van der Waals surface area contributed by atoms with Crippen LogP contribution in [0, 0.1) is 0 Å². The van der Waals surface area contributed by atoms with Crippen LogP contribution in [0.1, 0.15) is 64.2 Å². The van der Waals surface area contributed by atoms with Crippen LogP contribution in [-0.2, 0) is 0 Å². The normalized spacial score (nSPS) is 13.9. The molecule has 0 spiro atoms. The van der Waals surface area contributed by atoms with E-state index in [4.69, 9.17) is 5.11 Å². The van der Waals surface area contributed by atoms with Crippen molar-refractivity contribution in [2.75, 3.05) is 0 Å². The minimum Gasteiger partial charge on any atom is -0.383 e. The van der Waals surface area contributed by atoms with Gasteiger partial charge in [-0.1, -0.05) is 44.9 Å². The number of aliphatic hydroxyl groups is 1. The van der Waals surface area contributed by atoms with E-state index in [-0.39, 0.29) is 6.42 Å². The minimum absolute atomic E-state index is 0.259. The molecule has 0 radical (unpaired) electrons. The molecule has 1 atom stereocenters. The fourth-order valence-corrected chi connectivity index (χ4v) is 1.90. The van der Waals surface area contributed by atoms with E-state index in [1.165, 1.54) is 0 Å². The molecule has 17 heavy (non-hydrogen) atoms. The van der Waals surface area contributed by atoms with Gasteiger partial charge in [0.15, 0.2) is 0 Å². The van der Waals surface area contributed by atoms with Crippen molar-refractivity contribution in [3.05, 3.63) is 0 Å². The summed E-state index contributed by atoms with van der Waals surface area (Å²) in [5.41, 5.74) is -0.516. The first-order valence-electron chi connectivity index (χ1n) is 6.35. The zero-order valence-corrected chi connectivity index (χ0v) is 11.1. The van der Waals surface area contributed by atoms with Crippen molar-refractivity contribution in [1.29, 1.82) is 0 Å². The maximum atomic E-state index is 11.8. The average Bonchev–Trinajstić information content (AvgIpc) is 2.18. The monoisotopic (exact) mass is 272 g/mol. The van der Waals surface area contributed by atoms with Crippen molar-refractivity contribution in [2.24, 2.45) is 0 Å². The zero-order valence-electron chi connectivity index (χ0n) is 10.2. The van der Waals surface area contributed by atoms with Gasteiger partial charge in [0.25, 0.3) is 0 Å². The van der Waals surface area contributed by atoms with Crippen LogP contribution >= 0.6 is 12.6 Å². The van der Waals surface area contributed by atoms with Gasteiger partial charge in [-0.05, 0) is 12.8 Å². The second kappa shape index (κ2) is 10.1. The van der Waals surface area contributed by atoms with Gasteiger partial charge in [0.1, 0.15) is 0 Å². The summed E-state index contributed by atoms with van der Waals surface area (Å²) in [7, 11) is 0. The van der Waals surface area contributed by atoms with Crippen LogP contribution in [0.5, 0.6) is 0 Å². The van der Waals surface area contributed by atoms with Crippen LogP contribution in [0.25, 0.3) is 0 Å². The second-order valence-corrected chi connectivity index (χ2v) is 5.06. The van der Waals surface area contributed by atoms with Gasteiger partial charge in [0.2, 0.25) is 0 Å². The maximum absolute atomic E-state index is 11.8. The minimum atomic E-state index is -3.99. The first kappa shape index (κ1) is 17.1. The van der Waals surface area contributed by atoms with Crippen LogP contribution in [0.15, 0.2) is 0 Å². The fraction of sp³-hybridized carbons (Fsp3) is 1.00. The molecular formula is C12H23F3OS. The highest BCUT2D eigenvalue weighted by Gasteiger charge is 2.25. The highest BCUT2D eigenvalue weighted by Crippen LogP contribution is 2.23. The quantitative estimate of drug-likeness (QED) is 0.335. The van der Waals surface area contributed by atoms with Gasteiger partial charge in [-0.15, -0.1) is 12.6 Å². The highest BCUT2D eigenvalue weighted by molar-refractivity contribution is 7.80. The number of unbranched alkanes of at least 4 members (excludes halogenated alkanes) is 7. The summed E-state index contributed by atoms with van der Waals surface area (Å²) < 4.78 is 35.4. The van der Waals surface area contributed by atoms with Crippen molar-refractivity contribution >= 4 is 12.6 Å². The highest BCUT2D eigenvalue weighted by atomic mass is 32.1. The smallest absolute Gasteiger partial charge is 0.383 e. The van der Waals surface area contributed by atoms with E-state index in [2.05, 4.69) is 12.6 Å². The molecule has 0 aromatic heterocycles. The molecular weight excluding hydrogens is 249 g/mol. The lowest BCUT2D eigenvalue weighted by Crippen LogP contribution is -2.06. The SMILES string of the molecule is OC(S)CCCCCCCCCCC(F)(F)F. The Morgan fingerprint density at radius 3 is 1.65 bits per heavy atom. The summed E-state index contributed by atoms with van der Waals surface area (Å²) in [4.78, 5) is 0. The van der Waals surface area contributed by atoms with Crippen LogP contribution in [0.4, 0.5) is 13.2 Å². The molecule has 0 aliphatic carbocycles. The molecule has 0 rings (SSSR count). The van der Waals surface area contributed by atoms with E-state index < -0.39 is 18.0 Å². The molecule has 0 aliphatic rings. The Labute approximate surface area is 107 Å². The summed E-state index contributed by atoms with van der Waals surface area (Å²) in [5.74, 6) is 0. The van der Waals surface area contributed by atoms with Crippen LogP contribution < -0.4 is 0 Å². The van der Waals surface area contributed by atoms with Crippen molar-refractivity contribution < 1.29 is 18.3 Å². The molecule has 1 nitrogen and oxygen atoms in total. The lowest BCUT2D eigenvalue weighted by Gasteiger charge is -2.06. The Balaban J connectivity index is 3.04. The predicted molar refractivity (Wildman–Crippen MR) is 67.2 cm³/mol. The third kappa shape index (κ3) is 16.1. The van der Waals surface area contributed by atoms with Gasteiger partial charge in [-0.25, -0.2) is 0 Å². The average molecular weight is 272 g/mol. The van der Waals surface area contributed by atoms with E-state index in [0.717, 1.165) is 38.5 Å². The summed E-state index contributed by atoms with van der Waals surface area (Å²) in [6.45, 7) is 0. The Bertz CT molecular complexity index is 172. The first-order chi connectivity index (χ1) is 7.92. The molecule has 0 aromatic rings. The van der Waals surface area contributed by atoms with E-state index >= 15 is 0 Å². The number of halogens is 3. The van der Waals surface area contributed by atoms with Gasteiger partial charge in [0.05, 0.1) is 5.44 Å². The maximum Gasteiger partial charge on any atom is 0.389 e.